The number of nitrogens with one attached hydrogen (secondary N) is 1. The van der Waals surface area contributed by atoms with Crippen molar-refractivity contribution in [3.05, 3.63) is 40.7 Å². The smallest absolute Gasteiger partial charge is 0.230 e. The fraction of sp³-hybridized carbons (Fsp3) is 0.400. The number of pyridine rings is 1. The molecule has 3 aromatic rings. The van der Waals surface area contributed by atoms with Crippen LogP contribution in [0.4, 0.5) is 11.6 Å². The number of rotatable bonds is 3. The van der Waals surface area contributed by atoms with Gasteiger partial charge in [0.25, 0.3) is 0 Å². The Labute approximate surface area is 162 Å². The lowest BCUT2D eigenvalue weighted by Crippen LogP contribution is -2.41. The van der Waals surface area contributed by atoms with Crippen molar-refractivity contribution in [2.45, 2.75) is 33.6 Å². The Bertz CT molecular complexity index is 999. The minimum absolute atomic E-state index is 0.0324. The first-order valence-electron chi connectivity index (χ1n) is 9.22. The maximum absolute atomic E-state index is 12.8. The van der Waals surface area contributed by atoms with E-state index in [1.165, 1.54) is 10.4 Å². The largest absolute Gasteiger partial charge is 0.355 e. The molecule has 140 valence electrons. The van der Waals surface area contributed by atoms with Crippen LogP contribution in [0.2, 0.25) is 0 Å². The molecule has 0 aromatic carbocycles. The van der Waals surface area contributed by atoms with Gasteiger partial charge in [-0.2, -0.15) is 0 Å². The van der Waals surface area contributed by atoms with Crippen molar-refractivity contribution in [3.8, 4) is 0 Å². The van der Waals surface area contributed by atoms with Crippen molar-refractivity contribution in [3.63, 3.8) is 0 Å². The Kier molecular flexibility index (Phi) is 4.78. The summed E-state index contributed by atoms with van der Waals surface area (Å²) in [5, 5.41) is 4.12. The molecule has 4 heterocycles. The summed E-state index contributed by atoms with van der Waals surface area (Å²) in [4.78, 5) is 30.6. The van der Waals surface area contributed by atoms with Crippen LogP contribution in [0, 0.1) is 26.7 Å². The maximum Gasteiger partial charge on any atom is 0.230 e. The number of amides is 1. The third kappa shape index (κ3) is 3.39. The third-order valence-electron chi connectivity index (χ3n) is 5.29. The zero-order chi connectivity index (χ0) is 19.0. The molecule has 1 amide bonds. The molecule has 1 unspecified atom stereocenters. The van der Waals surface area contributed by atoms with E-state index in [0.717, 1.165) is 41.0 Å². The van der Waals surface area contributed by atoms with E-state index >= 15 is 0 Å². The molecule has 6 nitrogen and oxygen atoms in total. The molecule has 0 radical (unpaired) electrons. The second kappa shape index (κ2) is 7.23. The van der Waals surface area contributed by atoms with Crippen LogP contribution < -0.4 is 10.2 Å². The van der Waals surface area contributed by atoms with Gasteiger partial charge < -0.3 is 10.2 Å². The van der Waals surface area contributed by atoms with Gasteiger partial charge in [0.2, 0.25) is 5.91 Å². The van der Waals surface area contributed by atoms with Gasteiger partial charge in [-0.3, -0.25) is 4.79 Å². The number of hydrogen-bond donors (Lipinski definition) is 1. The summed E-state index contributed by atoms with van der Waals surface area (Å²) in [6.07, 6.45) is 5.18. The second-order valence-electron chi connectivity index (χ2n) is 7.10. The van der Waals surface area contributed by atoms with Crippen LogP contribution in [0.25, 0.3) is 10.2 Å². The number of hydrogen-bond acceptors (Lipinski definition) is 6. The van der Waals surface area contributed by atoms with Crippen LogP contribution >= 0.6 is 11.3 Å². The van der Waals surface area contributed by atoms with Gasteiger partial charge in [0, 0.05) is 24.2 Å². The molecule has 1 N–H and O–H groups in total. The monoisotopic (exact) mass is 381 g/mol. The van der Waals surface area contributed by atoms with E-state index < -0.39 is 0 Å². The number of thiophene rings is 1. The normalized spacial score (nSPS) is 17.3. The SMILES string of the molecule is Cc1cccnc1NC(=O)C1CCCN(c2ncnc3sc(C)c(C)c23)C1. The van der Waals surface area contributed by atoms with Gasteiger partial charge >= 0.3 is 0 Å². The number of aryl methyl sites for hydroxylation is 3. The lowest BCUT2D eigenvalue weighted by Gasteiger charge is -2.33. The van der Waals surface area contributed by atoms with Crippen LogP contribution in [-0.2, 0) is 4.79 Å². The maximum atomic E-state index is 12.8. The number of carbonyl (C=O) groups excluding carboxylic acids is 1. The molecule has 3 aromatic heterocycles. The van der Waals surface area contributed by atoms with Crippen molar-refractivity contribution < 1.29 is 4.79 Å². The number of fused-ring (bicyclic) bond motifs is 1. The summed E-state index contributed by atoms with van der Waals surface area (Å²) in [5.41, 5.74) is 2.21. The summed E-state index contributed by atoms with van der Waals surface area (Å²) in [7, 11) is 0. The van der Waals surface area contributed by atoms with E-state index in [4.69, 9.17) is 0 Å². The van der Waals surface area contributed by atoms with E-state index in [1.54, 1.807) is 23.9 Å². The zero-order valence-electron chi connectivity index (χ0n) is 15.8. The summed E-state index contributed by atoms with van der Waals surface area (Å²) >= 11 is 1.70. The molecule has 1 fully saturated rings. The lowest BCUT2D eigenvalue weighted by atomic mass is 9.96. The first kappa shape index (κ1) is 17.9. The summed E-state index contributed by atoms with van der Waals surface area (Å²) in [6.45, 7) is 7.77. The van der Waals surface area contributed by atoms with E-state index in [-0.39, 0.29) is 11.8 Å². The van der Waals surface area contributed by atoms with E-state index in [1.807, 2.05) is 19.1 Å². The zero-order valence-corrected chi connectivity index (χ0v) is 16.6. The standard InChI is InChI=1S/C20H23N5OS/c1-12-6-4-8-21-17(12)24-19(26)15-7-5-9-25(10-15)18-16-13(2)14(3)27-20(16)23-11-22-18/h4,6,8,11,15H,5,7,9-10H2,1-3H3,(H,21,24,26). The molecule has 0 aliphatic carbocycles. The van der Waals surface area contributed by atoms with E-state index in [9.17, 15) is 4.79 Å². The quantitative estimate of drug-likeness (QED) is 0.746. The minimum atomic E-state index is -0.0785. The first-order valence-corrected chi connectivity index (χ1v) is 10.0. The Morgan fingerprint density at radius 2 is 2.11 bits per heavy atom. The molecular formula is C20H23N5OS. The Morgan fingerprint density at radius 3 is 2.93 bits per heavy atom. The molecule has 27 heavy (non-hydrogen) atoms. The fourth-order valence-electron chi connectivity index (χ4n) is 3.62. The summed E-state index contributed by atoms with van der Waals surface area (Å²) in [6, 6.07) is 3.83. The number of aromatic nitrogens is 3. The molecule has 1 aliphatic heterocycles. The van der Waals surface area contributed by atoms with Crippen LogP contribution in [-0.4, -0.2) is 33.9 Å². The third-order valence-corrected chi connectivity index (χ3v) is 6.40. The number of piperidine rings is 1. The van der Waals surface area contributed by atoms with Crippen molar-refractivity contribution in [2.24, 2.45) is 5.92 Å². The molecule has 1 aliphatic rings. The average Bonchev–Trinajstić information content (AvgIpc) is 2.98. The van der Waals surface area contributed by atoms with E-state index in [0.29, 0.717) is 12.4 Å². The summed E-state index contributed by atoms with van der Waals surface area (Å²) in [5.74, 6) is 1.55. The molecule has 0 saturated carbocycles. The topological polar surface area (TPSA) is 71.0 Å². The van der Waals surface area contributed by atoms with Gasteiger partial charge in [0.1, 0.15) is 22.8 Å². The molecule has 0 bridgehead atoms. The van der Waals surface area contributed by atoms with Gasteiger partial charge in [-0.25, -0.2) is 15.0 Å². The predicted molar refractivity (Wildman–Crippen MR) is 109 cm³/mol. The van der Waals surface area contributed by atoms with Gasteiger partial charge in [-0.15, -0.1) is 11.3 Å². The second-order valence-corrected chi connectivity index (χ2v) is 8.31. The highest BCUT2D eigenvalue weighted by molar-refractivity contribution is 7.18. The van der Waals surface area contributed by atoms with E-state index in [2.05, 4.69) is 39.0 Å². The molecule has 7 heteroatoms. The van der Waals surface area contributed by atoms with Gasteiger partial charge in [0.05, 0.1) is 11.3 Å². The van der Waals surface area contributed by atoms with Crippen molar-refractivity contribution in [1.29, 1.82) is 0 Å². The predicted octanol–water partition coefficient (Wildman–Crippen LogP) is 3.87. The van der Waals surface area contributed by atoms with Gasteiger partial charge in [-0.1, -0.05) is 6.07 Å². The Hall–Kier alpha value is -2.54. The van der Waals surface area contributed by atoms with Crippen LogP contribution in [0.15, 0.2) is 24.7 Å². The van der Waals surface area contributed by atoms with Gasteiger partial charge in [-0.05, 0) is 50.8 Å². The van der Waals surface area contributed by atoms with Crippen molar-refractivity contribution in [1.82, 2.24) is 15.0 Å². The van der Waals surface area contributed by atoms with Crippen LogP contribution in [0.5, 0.6) is 0 Å². The average molecular weight is 382 g/mol. The minimum Gasteiger partial charge on any atom is -0.355 e. The Morgan fingerprint density at radius 1 is 1.26 bits per heavy atom. The highest BCUT2D eigenvalue weighted by Crippen LogP contribution is 2.35. The van der Waals surface area contributed by atoms with Crippen LogP contribution in [0.1, 0.15) is 28.8 Å². The molecule has 4 rings (SSSR count). The van der Waals surface area contributed by atoms with Crippen LogP contribution in [0.3, 0.4) is 0 Å². The number of anilines is 2. The number of carbonyl (C=O) groups is 1. The van der Waals surface area contributed by atoms with Crippen molar-refractivity contribution >= 4 is 39.1 Å². The van der Waals surface area contributed by atoms with Gasteiger partial charge in [0.15, 0.2) is 0 Å². The lowest BCUT2D eigenvalue weighted by molar-refractivity contribution is -0.120. The fourth-order valence-corrected chi connectivity index (χ4v) is 4.61. The highest BCUT2D eigenvalue weighted by atomic mass is 32.1. The molecule has 0 spiro atoms. The molecule has 1 saturated heterocycles. The van der Waals surface area contributed by atoms with Crippen molar-refractivity contribution in [2.75, 3.05) is 23.3 Å². The molecule has 1 atom stereocenters. The molecular weight excluding hydrogens is 358 g/mol. The summed E-state index contributed by atoms with van der Waals surface area (Å²) < 4.78 is 0. The first-order chi connectivity index (χ1) is 13.0. The number of nitrogens with zero attached hydrogens (tertiary/aromatic N) is 4. The Balaban J connectivity index is 1.57. The highest BCUT2D eigenvalue weighted by Gasteiger charge is 2.28.